The van der Waals surface area contributed by atoms with Gasteiger partial charge in [0.25, 0.3) is 5.92 Å². The summed E-state index contributed by atoms with van der Waals surface area (Å²) in [7, 11) is 0. The Labute approximate surface area is 141 Å². The summed E-state index contributed by atoms with van der Waals surface area (Å²) >= 11 is 1.13. The molecule has 2 heterocycles. The first-order valence-electron chi connectivity index (χ1n) is 7.28. The molecule has 1 aromatic carbocycles. The standard InChI is InChI=1S/C16H16F2N4OS/c1-10(13-7-8-19-22(13)23)11-3-5-12(6-4-11)20-15-21-14(9-24-15)16(2,17)18/h3-10,23H,1-2H3,(H,20,21). The van der Waals surface area contributed by atoms with Gasteiger partial charge in [-0.05, 0) is 23.8 Å². The molecule has 1 unspecified atom stereocenters. The molecule has 0 aliphatic rings. The van der Waals surface area contributed by atoms with Gasteiger partial charge in [-0.25, -0.2) is 4.98 Å². The molecule has 2 N–H and O–H groups in total. The molecule has 24 heavy (non-hydrogen) atoms. The molecule has 0 radical (unpaired) electrons. The van der Waals surface area contributed by atoms with E-state index in [2.05, 4.69) is 15.4 Å². The van der Waals surface area contributed by atoms with Crippen molar-refractivity contribution in [3.05, 3.63) is 58.9 Å². The van der Waals surface area contributed by atoms with Crippen molar-refractivity contribution in [3.63, 3.8) is 0 Å². The summed E-state index contributed by atoms with van der Waals surface area (Å²) in [6, 6.07) is 9.24. The average molecular weight is 350 g/mol. The number of nitrogens with one attached hydrogen (secondary N) is 1. The van der Waals surface area contributed by atoms with Gasteiger partial charge in [0, 0.05) is 23.9 Å². The predicted molar refractivity (Wildman–Crippen MR) is 88.3 cm³/mol. The number of hydrogen-bond donors (Lipinski definition) is 2. The number of nitrogens with zero attached hydrogens (tertiary/aromatic N) is 3. The Morgan fingerprint density at radius 3 is 2.50 bits per heavy atom. The average Bonchev–Trinajstić information content (AvgIpc) is 3.16. The minimum absolute atomic E-state index is 0.0307. The third-order valence-corrected chi connectivity index (χ3v) is 4.47. The first-order valence-corrected chi connectivity index (χ1v) is 8.16. The minimum atomic E-state index is -2.94. The molecule has 5 nitrogen and oxygen atoms in total. The molecule has 0 aliphatic heterocycles. The highest BCUT2D eigenvalue weighted by atomic mass is 32.1. The highest BCUT2D eigenvalue weighted by Crippen LogP contribution is 2.31. The van der Waals surface area contributed by atoms with Gasteiger partial charge >= 0.3 is 0 Å². The number of thiazole rings is 1. The van der Waals surface area contributed by atoms with E-state index in [1.54, 1.807) is 6.07 Å². The van der Waals surface area contributed by atoms with Crippen LogP contribution in [0.2, 0.25) is 0 Å². The van der Waals surface area contributed by atoms with Crippen molar-refractivity contribution in [1.29, 1.82) is 0 Å². The van der Waals surface area contributed by atoms with Crippen LogP contribution in [0.3, 0.4) is 0 Å². The van der Waals surface area contributed by atoms with Gasteiger partial charge in [-0.3, -0.25) is 0 Å². The van der Waals surface area contributed by atoms with Crippen molar-refractivity contribution in [2.75, 3.05) is 5.32 Å². The van der Waals surface area contributed by atoms with Gasteiger partial charge in [-0.2, -0.15) is 8.78 Å². The van der Waals surface area contributed by atoms with Crippen LogP contribution in [0.5, 0.6) is 0 Å². The number of rotatable bonds is 5. The molecule has 0 saturated heterocycles. The number of aromatic nitrogens is 3. The predicted octanol–water partition coefficient (Wildman–Crippen LogP) is 4.58. The summed E-state index contributed by atoms with van der Waals surface area (Å²) in [5.41, 5.74) is 2.20. The molecule has 0 spiro atoms. The van der Waals surface area contributed by atoms with E-state index in [9.17, 15) is 14.0 Å². The number of alkyl halides is 2. The Morgan fingerprint density at radius 2 is 1.96 bits per heavy atom. The number of anilines is 2. The lowest BCUT2D eigenvalue weighted by Gasteiger charge is -2.12. The maximum absolute atomic E-state index is 13.2. The quantitative estimate of drug-likeness (QED) is 0.661. The van der Waals surface area contributed by atoms with Crippen LogP contribution in [0.25, 0.3) is 0 Å². The van der Waals surface area contributed by atoms with Gasteiger partial charge in [0.05, 0.1) is 11.9 Å². The Balaban J connectivity index is 1.73. The Bertz CT molecular complexity index is 823. The summed E-state index contributed by atoms with van der Waals surface area (Å²) in [5.74, 6) is -2.97. The van der Waals surface area contributed by atoms with Crippen molar-refractivity contribution in [2.45, 2.75) is 25.7 Å². The zero-order valence-electron chi connectivity index (χ0n) is 13.1. The summed E-state index contributed by atoms with van der Waals surface area (Å²) in [5, 5.41) is 18.2. The first-order chi connectivity index (χ1) is 11.3. The van der Waals surface area contributed by atoms with Crippen molar-refractivity contribution in [3.8, 4) is 0 Å². The molecule has 0 bridgehead atoms. The number of hydrogen-bond acceptors (Lipinski definition) is 5. The topological polar surface area (TPSA) is 63.0 Å². The lowest BCUT2D eigenvalue weighted by atomic mass is 9.98. The molecule has 3 aromatic rings. The lowest BCUT2D eigenvalue weighted by Crippen LogP contribution is -2.07. The zero-order valence-corrected chi connectivity index (χ0v) is 13.9. The molecule has 3 rings (SSSR count). The molecular formula is C16H16F2N4OS. The van der Waals surface area contributed by atoms with Crippen LogP contribution < -0.4 is 5.32 Å². The largest absolute Gasteiger partial charge is 0.411 e. The summed E-state index contributed by atoms with van der Waals surface area (Å²) in [4.78, 5) is 4.76. The van der Waals surface area contributed by atoms with E-state index in [0.29, 0.717) is 10.8 Å². The lowest BCUT2D eigenvalue weighted by molar-refractivity contribution is 0.0135. The third kappa shape index (κ3) is 3.38. The van der Waals surface area contributed by atoms with Crippen molar-refractivity contribution < 1.29 is 14.0 Å². The van der Waals surface area contributed by atoms with Crippen molar-refractivity contribution >= 4 is 22.2 Å². The molecule has 126 valence electrons. The zero-order chi connectivity index (χ0) is 17.3. The molecule has 0 saturated carbocycles. The molecule has 0 fully saturated rings. The smallest absolute Gasteiger partial charge is 0.287 e. The molecule has 0 amide bonds. The van der Waals surface area contributed by atoms with Gasteiger partial charge in [-0.15, -0.1) is 21.3 Å². The molecule has 8 heteroatoms. The Kier molecular flexibility index (Phi) is 4.23. The van der Waals surface area contributed by atoms with Crippen LogP contribution in [-0.2, 0) is 5.92 Å². The van der Waals surface area contributed by atoms with E-state index < -0.39 is 5.92 Å². The number of benzene rings is 1. The van der Waals surface area contributed by atoms with Gasteiger partial charge in [0.2, 0.25) is 0 Å². The van der Waals surface area contributed by atoms with Crippen LogP contribution >= 0.6 is 11.3 Å². The fraction of sp³-hybridized carbons (Fsp3) is 0.250. The monoisotopic (exact) mass is 350 g/mol. The fourth-order valence-electron chi connectivity index (χ4n) is 2.31. The fourth-order valence-corrected chi connectivity index (χ4v) is 3.12. The van der Waals surface area contributed by atoms with Gasteiger partial charge in [0.1, 0.15) is 5.69 Å². The first kappa shape index (κ1) is 16.4. The molecule has 0 aliphatic carbocycles. The normalized spacial score (nSPS) is 13.0. The maximum Gasteiger partial charge on any atom is 0.287 e. The second-order valence-corrected chi connectivity index (χ2v) is 6.40. The van der Waals surface area contributed by atoms with Crippen LogP contribution in [0, 0.1) is 0 Å². The van der Waals surface area contributed by atoms with E-state index in [4.69, 9.17) is 0 Å². The van der Waals surface area contributed by atoms with E-state index in [1.807, 2.05) is 31.2 Å². The highest BCUT2D eigenvalue weighted by molar-refractivity contribution is 7.13. The number of halogens is 2. The third-order valence-electron chi connectivity index (χ3n) is 3.71. The van der Waals surface area contributed by atoms with Crippen molar-refractivity contribution in [2.24, 2.45) is 0 Å². The summed E-state index contributed by atoms with van der Waals surface area (Å²) in [6.07, 6.45) is 1.53. The Morgan fingerprint density at radius 1 is 1.25 bits per heavy atom. The summed E-state index contributed by atoms with van der Waals surface area (Å²) in [6.45, 7) is 2.79. The molecule has 1 atom stereocenters. The molecular weight excluding hydrogens is 334 g/mol. The van der Waals surface area contributed by atoms with Crippen LogP contribution in [0.1, 0.15) is 36.7 Å². The van der Waals surface area contributed by atoms with Crippen LogP contribution in [-0.4, -0.2) is 20.1 Å². The van der Waals surface area contributed by atoms with Gasteiger partial charge in [0.15, 0.2) is 5.13 Å². The summed E-state index contributed by atoms with van der Waals surface area (Å²) < 4.78 is 26.4. The highest BCUT2D eigenvalue weighted by Gasteiger charge is 2.27. The van der Waals surface area contributed by atoms with E-state index in [1.165, 1.54) is 11.6 Å². The van der Waals surface area contributed by atoms with Crippen molar-refractivity contribution in [1.82, 2.24) is 14.9 Å². The van der Waals surface area contributed by atoms with E-state index in [-0.39, 0.29) is 11.6 Å². The minimum Gasteiger partial charge on any atom is -0.411 e. The van der Waals surface area contributed by atoms with Gasteiger partial charge in [-0.1, -0.05) is 19.1 Å². The Hall–Kier alpha value is -2.48. The van der Waals surface area contributed by atoms with E-state index >= 15 is 0 Å². The van der Waals surface area contributed by atoms with Crippen LogP contribution in [0.4, 0.5) is 19.6 Å². The van der Waals surface area contributed by atoms with E-state index in [0.717, 1.165) is 34.4 Å². The second-order valence-electron chi connectivity index (χ2n) is 5.54. The van der Waals surface area contributed by atoms with Gasteiger partial charge < -0.3 is 10.5 Å². The molecule has 2 aromatic heterocycles. The second kappa shape index (κ2) is 6.20. The SMILES string of the molecule is CC(c1ccc(Nc2nc(C(C)(F)F)cs2)cc1)c1ccnn1O. The van der Waals surface area contributed by atoms with Crippen LogP contribution in [0.15, 0.2) is 41.9 Å². The maximum atomic E-state index is 13.2.